The van der Waals surface area contributed by atoms with Gasteiger partial charge in [0.05, 0.1) is 19.8 Å². The minimum absolute atomic E-state index is 0.253. The standard InChI is InChI=1S/C17H20O6/c1-22-15(18)11-14(17(21)23-2)6-4-3-5-12-7-9-13(10-8-12)16(19)20/h7-11H,3-6H2,1-2H3,(H,19,20)/b14-11-. The molecule has 0 spiro atoms. The molecule has 0 amide bonds. The van der Waals surface area contributed by atoms with Crippen molar-refractivity contribution in [2.24, 2.45) is 0 Å². The molecule has 0 aliphatic rings. The molecule has 124 valence electrons. The van der Waals surface area contributed by atoms with Crippen LogP contribution in [0.25, 0.3) is 0 Å². The van der Waals surface area contributed by atoms with Crippen LogP contribution in [-0.4, -0.2) is 37.2 Å². The second-order valence-corrected chi connectivity index (χ2v) is 4.89. The third-order valence-corrected chi connectivity index (χ3v) is 3.30. The highest BCUT2D eigenvalue weighted by molar-refractivity contribution is 5.96. The van der Waals surface area contributed by atoms with E-state index < -0.39 is 17.9 Å². The minimum atomic E-state index is -0.952. The van der Waals surface area contributed by atoms with E-state index in [1.807, 2.05) is 0 Å². The van der Waals surface area contributed by atoms with Crippen molar-refractivity contribution >= 4 is 17.9 Å². The summed E-state index contributed by atoms with van der Waals surface area (Å²) >= 11 is 0. The first-order chi connectivity index (χ1) is 11.0. The fraction of sp³-hybridized carbons (Fsp3) is 0.353. The predicted molar refractivity (Wildman–Crippen MR) is 83.1 cm³/mol. The summed E-state index contributed by atoms with van der Waals surface area (Å²) in [5.74, 6) is -2.08. The number of esters is 2. The Balaban J connectivity index is 2.50. The quantitative estimate of drug-likeness (QED) is 0.449. The van der Waals surface area contributed by atoms with Gasteiger partial charge in [-0.05, 0) is 43.4 Å². The van der Waals surface area contributed by atoms with Gasteiger partial charge in [0.1, 0.15) is 0 Å². The Kier molecular flexibility index (Phi) is 7.53. The van der Waals surface area contributed by atoms with Gasteiger partial charge in [-0.3, -0.25) is 0 Å². The second kappa shape index (κ2) is 9.40. The van der Waals surface area contributed by atoms with Gasteiger partial charge in [-0.2, -0.15) is 0 Å². The van der Waals surface area contributed by atoms with Crippen molar-refractivity contribution in [1.29, 1.82) is 0 Å². The predicted octanol–water partition coefficient (Wildman–Crippen LogP) is 2.37. The van der Waals surface area contributed by atoms with E-state index in [2.05, 4.69) is 9.47 Å². The normalized spacial score (nSPS) is 11.0. The summed E-state index contributed by atoms with van der Waals surface area (Å²) in [6, 6.07) is 6.67. The number of carboxylic acids is 1. The van der Waals surface area contributed by atoms with Gasteiger partial charge >= 0.3 is 17.9 Å². The first kappa shape index (κ1) is 18.4. The molecule has 0 fully saturated rings. The SMILES string of the molecule is COC(=O)/C=C(/CCCCc1ccc(C(=O)O)cc1)C(=O)OC. The van der Waals surface area contributed by atoms with E-state index in [-0.39, 0.29) is 11.1 Å². The minimum Gasteiger partial charge on any atom is -0.478 e. The summed E-state index contributed by atoms with van der Waals surface area (Å²) in [6.07, 6.45) is 3.80. The van der Waals surface area contributed by atoms with Crippen LogP contribution >= 0.6 is 0 Å². The Morgan fingerprint density at radius 1 is 1.04 bits per heavy atom. The summed E-state index contributed by atoms with van der Waals surface area (Å²) in [6.45, 7) is 0. The van der Waals surface area contributed by atoms with Crippen molar-refractivity contribution in [2.45, 2.75) is 25.7 Å². The molecular weight excluding hydrogens is 300 g/mol. The molecule has 0 saturated carbocycles. The van der Waals surface area contributed by atoms with Crippen LogP contribution < -0.4 is 0 Å². The van der Waals surface area contributed by atoms with E-state index in [9.17, 15) is 14.4 Å². The fourth-order valence-corrected chi connectivity index (χ4v) is 2.02. The Morgan fingerprint density at radius 3 is 2.22 bits per heavy atom. The molecule has 1 aromatic carbocycles. The lowest BCUT2D eigenvalue weighted by atomic mass is 10.0. The van der Waals surface area contributed by atoms with Crippen LogP contribution in [-0.2, 0) is 25.5 Å². The third kappa shape index (κ3) is 6.34. The average Bonchev–Trinajstić information content (AvgIpc) is 2.56. The van der Waals surface area contributed by atoms with Gasteiger partial charge in [0, 0.05) is 11.6 Å². The maximum absolute atomic E-state index is 11.6. The average molecular weight is 320 g/mol. The van der Waals surface area contributed by atoms with E-state index >= 15 is 0 Å². The number of hydrogen-bond acceptors (Lipinski definition) is 5. The largest absolute Gasteiger partial charge is 0.478 e. The molecule has 1 rings (SSSR count). The number of carbonyl (C=O) groups is 3. The molecule has 0 unspecified atom stereocenters. The van der Waals surface area contributed by atoms with E-state index in [0.717, 1.165) is 24.5 Å². The second-order valence-electron chi connectivity index (χ2n) is 4.89. The molecule has 0 atom stereocenters. The Labute approximate surface area is 134 Å². The van der Waals surface area contributed by atoms with Crippen molar-refractivity contribution in [3.05, 3.63) is 47.0 Å². The first-order valence-electron chi connectivity index (χ1n) is 7.17. The van der Waals surface area contributed by atoms with Crippen molar-refractivity contribution in [3.8, 4) is 0 Å². The summed E-state index contributed by atoms with van der Waals surface area (Å²) < 4.78 is 9.15. The van der Waals surface area contributed by atoms with Crippen molar-refractivity contribution in [1.82, 2.24) is 0 Å². The smallest absolute Gasteiger partial charge is 0.335 e. The molecule has 0 bridgehead atoms. The fourth-order valence-electron chi connectivity index (χ4n) is 2.02. The maximum Gasteiger partial charge on any atom is 0.335 e. The number of benzene rings is 1. The summed E-state index contributed by atoms with van der Waals surface area (Å²) in [4.78, 5) is 33.6. The van der Waals surface area contributed by atoms with E-state index in [1.54, 1.807) is 24.3 Å². The monoisotopic (exact) mass is 320 g/mol. The number of unbranched alkanes of at least 4 members (excludes halogenated alkanes) is 1. The molecule has 0 radical (unpaired) electrons. The van der Waals surface area contributed by atoms with Crippen LogP contribution in [0.5, 0.6) is 0 Å². The zero-order valence-corrected chi connectivity index (χ0v) is 13.2. The van der Waals surface area contributed by atoms with Crippen molar-refractivity contribution < 1.29 is 29.0 Å². The number of carboxylic acid groups (broad SMARTS) is 1. The lowest BCUT2D eigenvalue weighted by Crippen LogP contribution is -2.08. The number of aromatic carboxylic acids is 1. The van der Waals surface area contributed by atoms with Crippen LogP contribution in [0.15, 0.2) is 35.9 Å². The van der Waals surface area contributed by atoms with Crippen molar-refractivity contribution in [2.75, 3.05) is 14.2 Å². The van der Waals surface area contributed by atoms with E-state index in [0.29, 0.717) is 12.8 Å². The van der Waals surface area contributed by atoms with Gasteiger partial charge in [-0.25, -0.2) is 14.4 Å². The van der Waals surface area contributed by atoms with E-state index in [1.165, 1.54) is 14.2 Å². The molecular formula is C17H20O6. The number of hydrogen-bond donors (Lipinski definition) is 1. The van der Waals surface area contributed by atoms with Gasteiger partial charge in [0.15, 0.2) is 0 Å². The molecule has 0 heterocycles. The molecule has 1 N–H and O–H groups in total. The molecule has 6 nitrogen and oxygen atoms in total. The van der Waals surface area contributed by atoms with Gasteiger partial charge in [0.2, 0.25) is 0 Å². The maximum atomic E-state index is 11.6. The molecule has 0 saturated heterocycles. The summed E-state index contributed by atoms with van der Waals surface area (Å²) in [7, 11) is 2.51. The lowest BCUT2D eigenvalue weighted by molar-refractivity contribution is -0.138. The highest BCUT2D eigenvalue weighted by atomic mass is 16.5. The van der Waals surface area contributed by atoms with Gasteiger partial charge in [-0.1, -0.05) is 12.1 Å². The van der Waals surface area contributed by atoms with Gasteiger partial charge < -0.3 is 14.6 Å². The molecule has 0 aliphatic heterocycles. The molecule has 0 aliphatic carbocycles. The third-order valence-electron chi connectivity index (χ3n) is 3.30. The number of carbonyl (C=O) groups excluding carboxylic acids is 2. The highest BCUT2D eigenvalue weighted by Gasteiger charge is 2.12. The van der Waals surface area contributed by atoms with Gasteiger partial charge in [0.25, 0.3) is 0 Å². The van der Waals surface area contributed by atoms with Crippen LogP contribution in [0.3, 0.4) is 0 Å². The summed E-state index contributed by atoms with van der Waals surface area (Å²) in [5.41, 5.74) is 1.55. The van der Waals surface area contributed by atoms with Crippen LogP contribution in [0, 0.1) is 0 Å². The summed E-state index contributed by atoms with van der Waals surface area (Å²) in [5, 5.41) is 8.83. The highest BCUT2D eigenvalue weighted by Crippen LogP contribution is 2.13. The van der Waals surface area contributed by atoms with E-state index in [4.69, 9.17) is 5.11 Å². The van der Waals surface area contributed by atoms with Crippen LogP contribution in [0.1, 0.15) is 35.2 Å². The number of rotatable bonds is 8. The van der Waals surface area contributed by atoms with Gasteiger partial charge in [-0.15, -0.1) is 0 Å². The Morgan fingerprint density at radius 2 is 1.70 bits per heavy atom. The Hall–Kier alpha value is -2.63. The topological polar surface area (TPSA) is 89.9 Å². The molecule has 1 aromatic rings. The Bertz CT molecular complexity index is 586. The molecule has 23 heavy (non-hydrogen) atoms. The zero-order valence-electron chi connectivity index (χ0n) is 13.2. The number of aryl methyl sites for hydroxylation is 1. The number of methoxy groups -OCH3 is 2. The molecule has 6 heteroatoms. The number of ether oxygens (including phenoxy) is 2. The van der Waals surface area contributed by atoms with Crippen molar-refractivity contribution in [3.63, 3.8) is 0 Å². The lowest BCUT2D eigenvalue weighted by Gasteiger charge is -2.06. The zero-order chi connectivity index (χ0) is 17.2. The molecule has 0 aromatic heterocycles. The van der Waals surface area contributed by atoms with Crippen LogP contribution in [0.2, 0.25) is 0 Å². The first-order valence-corrected chi connectivity index (χ1v) is 7.17. The van der Waals surface area contributed by atoms with Crippen LogP contribution in [0.4, 0.5) is 0 Å².